The molecule has 0 aliphatic rings. The number of nitro groups is 1. The van der Waals surface area contributed by atoms with E-state index in [-0.39, 0.29) is 17.2 Å². The molecule has 2 aromatic heterocycles. The van der Waals surface area contributed by atoms with Gasteiger partial charge in [0.05, 0.1) is 10.6 Å². The zero-order chi connectivity index (χ0) is 19.8. The molecule has 27 heavy (non-hydrogen) atoms. The van der Waals surface area contributed by atoms with Crippen molar-refractivity contribution in [2.75, 3.05) is 11.0 Å². The van der Waals surface area contributed by atoms with Crippen molar-refractivity contribution in [1.82, 2.24) is 19.6 Å². The number of nitrogens with zero attached hydrogens (tertiary/aromatic N) is 5. The second-order valence-corrected chi connectivity index (χ2v) is 7.76. The molecule has 0 spiro atoms. The van der Waals surface area contributed by atoms with Crippen molar-refractivity contribution in [3.8, 4) is 0 Å². The van der Waals surface area contributed by atoms with E-state index in [0.717, 1.165) is 0 Å². The van der Waals surface area contributed by atoms with E-state index in [1.165, 1.54) is 47.5 Å². The number of halogens is 1. The lowest BCUT2D eigenvalue weighted by atomic mass is 10.2. The van der Waals surface area contributed by atoms with Crippen LogP contribution in [0.15, 0.2) is 34.4 Å². The number of anilines is 1. The summed E-state index contributed by atoms with van der Waals surface area (Å²) in [6.45, 7) is 0.690. The number of rotatable bonds is 6. The van der Waals surface area contributed by atoms with Gasteiger partial charge >= 0.3 is 0 Å². The minimum atomic E-state index is -4.34. The van der Waals surface area contributed by atoms with Crippen molar-refractivity contribution in [3.63, 3.8) is 0 Å². The Balaban J connectivity index is 2.10. The Morgan fingerprint density at radius 3 is 2.74 bits per heavy atom. The number of sulfonamides is 1. The van der Waals surface area contributed by atoms with E-state index < -0.39 is 32.5 Å². The topological polar surface area (TPSA) is 132 Å². The molecule has 0 aliphatic carbocycles. The molecule has 3 rings (SSSR count). The van der Waals surface area contributed by atoms with Gasteiger partial charge in [-0.25, -0.2) is 9.37 Å². The van der Waals surface area contributed by atoms with Crippen LogP contribution in [-0.4, -0.2) is 39.2 Å². The first-order valence-electron chi connectivity index (χ1n) is 7.40. The van der Waals surface area contributed by atoms with Crippen LogP contribution in [0.3, 0.4) is 0 Å². The van der Waals surface area contributed by atoms with Gasteiger partial charge in [-0.2, -0.15) is 17.9 Å². The highest BCUT2D eigenvalue weighted by molar-refractivity contribution is 7.98. The summed E-state index contributed by atoms with van der Waals surface area (Å²) in [6.07, 6.45) is 1.71. The number of aromatic nitrogens is 4. The van der Waals surface area contributed by atoms with Gasteiger partial charge in [-0.1, -0.05) is 12.1 Å². The molecule has 2 heterocycles. The lowest BCUT2D eigenvalue weighted by Crippen LogP contribution is -2.16. The SMILES string of the molecule is CSc1cc(CF)nc2nc(S(=O)(=O)Nc3c(C)cccc3[N+](=O)[O-])nn12. The smallest absolute Gasteiger partial charge is 0.270 e. The van der Waals surface area contributed by atoms with Gasteiger partial charge in [0.2, 0.25) is 0 Å². The minimum Gasteiger partial charge on any atom is -0.270 e. The highest BCUT2D eigenvalue weighted by Gasteiger charge is 2.27. The van der Waals surface area contributed by atoms with E-state index in [4.69, 9.17) is 0 Å². The molecule has 0 amide bonds. The van der Waals surface area contributed by atoms with Crippen molar-refractivity contribution in [3.05, 3.63) is 45.6 Å². The number of para-hydroxylation sites is 1. The normalized spacial score (nSPS) is 11.7. The molecule has 0 saturated heterocycles. The summed E-state index contributed by atoms with van der Waals surface area (Å²) in [7, 11) is -4.34. The first-order chi connectivity index (χ1) is 12.8. The highest BCUT2D eigenvalue weighted by atomic mass is 32.2. The Morgan fingerprint density at radius 1 is 1.37 bits per heavy atom. The average molecular weight is 412 g/mol. The maximum Gasteiger partial charge on any atom is 0.299 e. The number of benzene rings is 1. The molecular weight excluding hydrogens is 399 g/mol. The summed E-state index contributed by atoms with van der Waals surface area (Å²) < 4.78 is 41.6. The van der Waals surface area contributed by atoms with Crippen LogP contribution in [0.1, 0.15) is 11.3 Å². The second kappa shape index (κ2) is 7.08. The van der Waals surface area contributed by atoms with Gasteiger partial charge in [0.25, 0.3) is 26.6 Å². The molecule has 0 atom stereocenters. The molecule has 3 aromatic rings. The number of alkyl halides is 1. The summed E-state index contributed by atoms with van der Waals surface area (Å²) in [5.74, 6) is -0.0887. The molecule has 0 fully saturated rings. The summed E-state index contributed by atoms with van der Waals surface area (Å²) in [4.78, 5) is 18.2. The van der Waals surface area contributed by atoms with Gasteiger partial charge in [0.15, 0.2) is 0 Å². The number of hydrogen-bond acceptors (Lipinski definition) is 8. The summed E-state index contributed by atoms with van der Waals surface area (Å²) >= 11 is 1.21. The quantitative estimate of drug-likeness (QED) is 0.282. The van der Waals surface area contributed by atoms with Gasteiger partial charge < -0.3 is 0 Å². The Morgan fingerprint density at radius 2 is 2.11 bits per heavy atom. The predicted molar refractivity (Wildman–Crippen MR) is 96.0 cm³/mol. The molecule has 1 aromatic carbocycles. The van der Waals surface area contributed by atoms with Crippen molar-refractivity contribution < 1.29 is 17.7 Å². The van der Waals surface area contributed by atoms with Crippen LogP contribution in [0, 0.1) is 17.0 Å². The third-order valence-corrected chi connectivity index (χ3v) is 5.42. The fourth-order valence-corrected chi connectivity index (χ4v) is 3.88. The minimum absolute atomic E-state index is 0.0886. The molecule has 142 valence electrons. The third kappa shape index (κ3) is 3.55. The van der Waals surface area contributed by atoms with Crippen LogP contribution in [0.4, 0.5) is 15.8 Å². The van der Waals surface area contributed by atoms with Crippen LogP contribution in [0.2, 0.25) is 0 Å². The Labute approximate surface area is 157 Å². The first kappa shape index (κ1) is 19.0. The second-order valence-electron chi connectivity index (χ2n) is 5.36. The van der Waals surface area contributed by atoms with Crippen LogP contribution in [-0.2, 0) is 16.7 Å². The number of fused-ring (bicyclic) bond motifs is 1. The van der Waals surface area contributed by atoms with Crippen molar-refractivity contribution in [2.45, 2.75) is 23.8 Å². The molecule has 0 unspecified atom stereocenters. The molecule has 0 bridgehead atoms. The maximum absolute atomic E-state index is 12.9. The van der Waals surface area contributed by atoms with Gasteiger partial charge in [-0.05, 0) is 24.8 Å². The van der Waals surface area contributed by atoms with Crippen molar-refractivity contribution >= 4 is 38.9 Å². The fourth-order valence-electron chi connectivity index (χ4n) is 2.32. The molecule has 1 N–H and O–H groups in total. The number of hydrogen-bond donors (Lipinski definition) is 1. The van der Waals surface area contributed by atoms with Crippen molar-refractivity contribution in [2.24, 2.45) is 0 Å². The maximum atomic E-state index is 12.9. The zero-order valence-electron chi connectivity index (χ0n) is 14.1. The number of aryl methyl sites for hydroxylation is 1. The first-order valence-corrected chi connectivity index (χ1v) is 10.1. The largest absolute Gasteiger partial charge is 0.299 e. The van der Waals surface area contributed by atoms with E-state index in [1.54, 1.807) is 6.26 Å². The van der Waals surface area contributed by atoms with Gasteiger partial charge in [-0.3, -0.25) is 14.8 Å². The molecule has 0 saturated carbocycles. The number of nitro benzene ring substituents is 1. The summed E-state index contributed by atoms with van der Waals surface area (Å²) in [5, 5.41) is 14.9. The average Bonchev–Trinajstić information content (AvgIpc) is 3.07. The van der Waals surface area contributed by atoms with Crippen LogP contribution in [0.25, 0.3) is 5.78 Å². The van der Waals surface area contributed by atoms with Gasteiger partial charge in [-0.15, -0.1) is 16.9 Å². The van der Waals surface area contributed by atoms with E-state index in [9.17, 15) is 22.9 Å². The van der Waals surface area contributed by atoms with Crippen LogP contribution >= 0.6 is 11.8 Å². The van der Waals surface area contributed by atoms with Gasteiger partial charge in [0.1, 0.15) is 17.4 Å². The van der Waals surface area contributed by atoms with Crippen LogP contribution < -0.4 is 4.72 Å². The van der Waals surface area contributed by atoms with E-state index in [1.807, 2.05) is 0 Å². The van der Waals surface area contributed by atoms with E-state index >= 15 is 0 Å². The number of thioether (sulfide) groups is 1. The molecule has 0 aliphatic heterocycles. The third-order valence-electron chi connectivity index (χ3n) is 3.58. The zero-order valence-corrected chi connectivity index (χ0v) is 15.7. The van der Waals surface area contributed by atoms with E-state index in [2.05, 4.69) is 19.8 Å². The van der Waals surface area contributed by atoms with Crippen molar-refractivity contribution in [1.29, 1.82) is 0 Å². The van der Waals surface area contributed by atoms with E-state index in [0.29, 0.717) is 10.6 Å². The molecule has 13 heteroatoms. The Kier molecular flexibility index (Phi) is 4.97. The monoisotopic (exact) mass is 412 g/mol. The lowest BCUT2D eigenvalue weighted by Gasteiger charge is -2.08. The standard InChI is InChI=1S/C14H13FN6O4S2/c1-8-4-3-5-10(21(22)23)12(8)19-27(24,25)14-17-13-16-9(7-15)6-11(26-2)20(13)18-14/h3-6,19H,7H2,1-2H3. The molecule has 10 nitrogen and oxygen atoms in total. The Bertz CT molecular complexity index is 1150. The summed E-state index contributed by atoms with van der Waals surface area (Å²) in [6, 6.07) is 5.59. The number of nitrogens with one attached hydrogen (secondary N) is 1. The van der Waals surface area contributed by atoms with Gasteiger partial charge in [0, 0.05) is 6.07 Å². The fraction of sp³-hybridized carbons (Fsp3) is 0.214. The Hall–Kier alpha value is -2.80. The molecule has 0 radical (unpaired) electrons. The lowest BCUT2D eigenvalue weighted by molar-refractivity contribution is -0.383. The predicted octanol–water partition coefficient (Wildman–Crippen LogP) is 2.33. The molecular formula is C14H13FN6O4S2. The van der Waals surface area contributed by atoms with Crippen LogP contribution in [0.5, 0.6) is 0 Å². The summed E-state index contributed by atoms with van der Waals surface area (Å²) in [5.41, 5.74) is -0.126. The highest BCUT2D eigenvalue weighted by Crippen LogP contribution is 2.29.